The van der Waals surface area contributed by atoms with Gasteiger partial charge in [-0.1, -0.05) is 0 Å². The van der Waals surface area contributed by atoms with Crippen LogP contribution in [0, 0.1) is 0 Å². The van der Waals surface area contributed by atoms with Crippen LogP contribution in [0.2, 0.25) is 0 Å². The van der Waals surface area contributed by atoms with E-state index in [1.54, 1.807) is 6.92 Å². The van der Waals surface area contributed by atoms with Gasteiger partial charge in [0.05, 0.1) is 16.7 Å². The van der Waals surface area contributed by atoms with Gasteiger partial charge in [0, 0.05) is 49.7 Å². The SMILES string of the molecule is CC(CNC(=O)/C=C/c1cn(C)c(=O)n(C)c1=O)NC(=O)c1cscc1C(N)=O. The number of aromatic nitrogens is 2. The smallest absolute Gasteiger partial charge is 0.330 e. The number of aryl methyl sites for hydroxylation is 1. The average molecular weight is 419 g/mol. The standard InChI is InChI=1S/C18H21N5O5S/c1-10(21-16(26)13-9-29-8-12(13)15(19)25)6-20-14(24)5-4-11-7-22(2)18(28)23(3)17(11)27/h4-5,7-10H,6H2,1-3H3,(H2,19,25)(H,20,24)(H,21,26)/b5-4+. The van der Waals surface area contributed by atoms with Crippen LogP contribution in [0.5, 0.6) is 0 Å². The molecule has 0 bridgehead atoms. The zero-order valence-corrected chi connectivity index (χ0v) is 16.9. The molecule has 2 aromatic heterocycles. The van der Waals surface area contributed by atoms with Crippen molar-refractivity contribution in [2.24, 2.45) is 19.8 Å². The summed E-state index contributed by atoms with van der Waals surface area (Å²) in [5.41, 5.74) is 4.76. The lowest BCUT2D eigenvalue weighted by Crippen LogP contribution is -2.41. The van der Waals surface area contributed by atoms with Gasteiger partial charge in [0.25, 0.3) is 11.5 Å². The molecule has 2 heterocycles. The second-order valence-electron chi connectivity index (χ2n) is 6.36. The second-order valence-corrected chi connectivity index (χ2v) is 7.10. The minimum Gasteiger partial charge on any atom is -0.366 e. The fourth-order valence-corrected chi connectivity index (χ4v) is 3.26. The summed E-state index contributed by atoms with van der Waals surface area (Å²) in [5, 5.41) is 8.28. The first-order chi connectivity index (χ1) is 13.6. The molecule has 0 aliphatic carbocycles. The summed E-state index contributed by atoms with van der Waals surface area (Å²) in [5.74, 6) is -1.63. The minimum absolute atomic E-state index is 0.121. The Hall–Kier alpha value is -3.47. The molecule has 0 saturated carbocycles. The van der Waals surface area contributed by atoms with Gasteiger partial charge >= 0.3 is 5.69 Å². The van der Waals surface area contributed by atoms with E-state index >= 15 is 0 Å². The van der Waals surface area contributed by atoms with E-state index < -0.39 is 35.0 Å². The molecule has 10 nitrogen and oxygen atoms in total. The van der Waals surface area contributed by atoms with Crippen molar-refractivity contribution < 1.29 is 14.4 Å². The van der Waals surface area contributed by atoms with Crippen molar-refractivity contribution >= 4 is 35.1 Å². The van der Waals surface area contributed by atoms with Gasteiger partial charge in [-0.15, -0.1) is 0 Å². The van der Waals surface area contributed by atoms with Crippen molar-refractivity contribution in [3.63, 3.8) is 0 Å². The van der Waals surface area contributed by atoms with Gasteiger partial charge in [-0.2, -0.15) is 11.3 Å². The van der Waals surface area contributed by atoms with Crippen LogP contribution in [-0.2, 0) is 18.9 Å². The average Bonchev–Trinajstić information content (AvgIpc) is 3.17. The van der Waals surface area contributed by atoms with Crippen LogP contribution in [0.15, 0.2) is 32.6 Å². The Morgan fingerprint density at radius 1 is 1.21 bits per heavy atom. The molecule has 0 fully saturated rings. The Morgan fingerprint density at radius 3 is 2.52 bits per heavy atom. The first-order valence-electron chi connectivity index (χ1n) is 8.51. The molecule has 0 aromatic carbocycles. The molecule has 0 radical (unpaired) electrons. The van der Waals surface area contributed by atoms with Gasteiger partial charge < -0.3 is 20.9 Å². The molecule has 1 atom stereocenters. The van der Waals surface area contributed by atoms with Crippen LogP contribution in [0.4, 0.5) is 0 Å². The number of nitrogens with two attached hydrogens (primary N) is 1. The first-order valence-corrected chi connectivity index (χ1v) is 9.45. The highest BCUT2D eigenvalue weighted by Crippen LogP contribution is 2.14. The highest BCUT2D eigenvalue weighted by Gasteiger charge is 2.18. The van der Waals surface area contributed by atoms with Crippen molar-refractivity contribution in [3.8, 4) is 0 Å². The molecule has 1 unspecified atom stereocenters. The van der Waals surface area contributed by atoms with E-state index in [0.717, 1.165) is 4.57 Å². The number of nitrogens with zero attached hydrogens (tertiary/aromatic N) is 2. The fourth-order valence-electron chi connectivity index (χ4n) is 2.44. The van der Waals surface area contributed by atoms with Crippen molar-refractivity contribution in [1.29, 1.82) is 0 Å². The normalized spacial score (nSPS) is 12.0. The fraction of sp³-hybridized carbons (Fsp3) is 0.278. The third-order valence-electron chi connectivity index (χ3n) is 4.02. The molecule has 0 aliphatic rings. The van der Waals surface area contributed by atoms with E-state index in [2.05, 4.69) is 10.6 Å². The molecular weight excluding hydrogens is 398 g/mol. The maximum atomic E-state index is 12.2. The van der Waals surface area contributed by atoms with Crippen LogP contribution < -0.4 is 27.6 Å². The van der Waals surface area contributed by atoms with Crippen LogP contribution in [0.1, 0.15) is 33.2 Å². The summed E-state index contributed by atoms with van der Waals surface area (Å²) < 4.78 is 2.18. The van der Waals surface area contributed by atoms with E-state index in [1.807, 2.05) is 0 Å². The summed E-state index contributed by atoms with van der Waals surface area (Å²) >= 11 is 1.19. The number of carbonyl (C=O) groups excluding carboxylic acids is 3. The molecule has 2 aromatic rings. The number of amides is 3. The predicted molar refractivity (Wildman–Crippen MR) is 109 cm³/mol. The van der Waals surface area contributed by atoms with E-state index in [4.69, 9.17) is 5.73 Å². The van der Waals surface area contributed by atoms with Crippen molar-refractivity contribution in [2.75, 3.05) is 6.54 Å². The summed E-state index contributed by atoms with van der Waals surface area (Å²) in [7, 11) is 2.85. The van der Waals surface area contributed by atoms with Crippen LogP contribution >= 0.6 is 11.3 Å². The Morgan fingerprint density at radius 2 is 1.86 bits per heavy atom. The molecule has 11 heteroatoms. The topological polar surface area (TPSA) is 145 Å². The Kier molecular flexibility index (Phi) is 6.89. The van der Waals surface area contributed by atoms with Gasteiger partial charge in [0.2, 0.25) is 11.8 Å². The first kappa shape index (κ1) is 21.8. The van der Waals surface area contributed by atoms with E-state index in [9.17, 15) is 24.0 Å². The van der Waals surface area contributed by atoms with Crippen molar-refractivity contribution in [2.45, 2.75) is 13.0 Å². The number of rotatable bonds is 7. The van der Waals surface area contributed by atoms with Crippen LogP contribution in [0.3, 0.4) is 0 Å². The summed E-state index contributed by atoms with van der Waals surface area (Å²) in [6.07, 6.45) is 3.82. The van der Waals surface area contributed by atoms with Crippen molar-refractivity contribution in [1.82, 2.24) is 19.8 Å². The maximum absolute atomic E-state index is 12.2. The highest BCUT2D eigenvalue weighted by molar-refractivity contribution is 7.08. The molecule has 0 saturated heterocycles. The minimum atomic E-state index is -0.688. The van der Waals surface area contributed by atoms with E-state index in [1.165, 1.54) is 59.1 Å². The lowest BCUT2D eigenvalue weighted by atomic mass is 10.1. The Labute approximate surface area is 169 Å². The lowest BCUT2D eigenvalue weighted by molar-refractivity contribution is -0.116. The Bertz CT molecular complexity index is 1090. The highest BCUT2D eigenvalue weighted by atomic mass is 32.1. The number of hydrogen-bond acceptors (Lipinski definition) is 6. The van der Waals surface area contributed by atoms with Gasteiger partial charge in [0.1, 0.15) is 0 Å². The molecule has 0 aliphatic heterocycles. The third kappa shape index (κ3) is 5.29. The van der Waals surface area contributed by atoms with Gasteiger partial charge in [-0.05, 0) is 13.0 Å². The molecule has 4 N–H and O–H groups in total. The maximum Gasteiger partial charge on any atom is 0.330 e. The van der Waals surface area contributed by atoms with Crippen LogP contribution in [-0.4, -0.2) is 39.4 Å². The number of hydrogen-bond donors (Lipinski definition) is 3. The van der Waals surface area contributed by atoms with Crippen molar-refractivity contribution in [3.05, 3.63) is 60.6 Å². The van der Waals surface area contributed by atoms with Gasteiger partial charge in [-0.25, -0.2) is 4.79 Å². The predicted octanol–water partition coefficient (Wildman–Crippen LogP) is -0.808. The molecule has 2 rings (SSSR count). The zero-order chi connectivity index (χ0) is 21.7. The van der Waals surface area contributed by atoms with E-state index in [-0.39, 0.29) is 23.2 Å². The summed E-state index contributed by atoms with van der Waals surface area (Å²) in [6, 6.07) is -0.425. The number of nitrogens with one attached hydrogen (secondary N) is 2. The van der Waals surface area contributed by atoms with Gasteiger partial charge in [0.15, 0.2) is 0 Å². The second kappa shape index (κ2) is 9.15. The van der Waals surface area contributed by atoms with E-state index in [0.29, 0.717) is 0 Å². The van der Waals surface area contributed by atoms with Crippen LogP contribution in [0.25, 0.3) is 6.08 Å². The Balaban J connectivity index is 1.94. The molecule has 0 spiro atoms. The summed E-state index contributed by atoms with van der Waals surface area (Å²) in [6.45, 7) is 1.80. The summed E-state index contributed by atoms with van der Waals surface area (Å²) in [4.78, 5) is 59.2. The monoisotopic (exact) mass is 419 g/mol. The number of carbonyl (C=O) groups is 3. The molecule has 3 amide bonds. The lowest BCUT2D eigenvalue weighted by Gasteiger charge is -2.14. The third-order valence-corrected chi connectivity index (χ3v) is 4.76. The zero-order valence-electron chi connectivity index (χ0n) is 16.1. The number of primary amides is 1. The quantitative estimate of drug-likeness (QED) is 0.503. The number of thiophene rings is 1. The molecule has 154 valence electrons. The van der Waals surface area contributed by atoms with Gasteiger partial charge in [-0.3, -0.25) is 23.7 Å². The molecular formula is C18H21N5O5S. The molecule has 29 heavy (non-hydrogen) atoms. The largest absolute Gasteiger partial charge is 0.366 e.